The third-order valence-electron chi connectivity index (χ3n) is 0.935. The molecule has 1 atom stereocenters. The number of hydrogen-bond acceptors (Lipinski definition) is 1. The van der Waals surface area contributed by atoms with Gasteiger partial charge in [-0.3, -0.25) is 4.98 Å². The van der Waals surface area contributed by atoms with Gasteiger partial charge in [0, 0.05) is 18.1 Å². The van der Waals surface area contributed by atoms with Crippen molar-refractivity contribution in [3.63, 3.8) is 0 Å². The van der Waals surface area contributed by atoms with Crippen molar-refractivity contribution in [3.05, 3.63) is 30.1 Å². The lowest BCUT2D eigenvalue weighted by Crippen LogP contribution is -1.78. The summed E-state index contributed by atoms with van der Waals surface area (Å²) in [6, 6.07) is 5.92. The van der Waals surface area contributed by atoms with Gasteiger partial charge in [0.1, 0.15) is 0 Å². The van der Waals surface area contributed by atoms with E-state index in [0.717, 1.165) is 11.9 Å². The van der Waals surface area contributed by atoms with Gasteiger partial charge >= 0.3 is 0 Å². The molecular weight excluding hydrogens is 232 g/mol. The van der Waals surface area contributed by atoms with Crippen molar-refractivity contribution >= 4 is 38.6 Å². The molecule has 0 spiro atoms. The Hall–Kier alpha value is 0.350. The van der Waals surface area contributed by atoms with Crippen molar-refractivity contribution < 1.29 is 0 Å². The van der Waals surface area contributed by atoms with Crippen molar-refractivity contribution in [2.75, 3.05) is 0 Å². The van der Waals surface area contributed by atoms with Crippen molar-refractivity contribution in [2.45, 2.75) is 6.16 Å². The fourth-order valence-electron chi connectivity index (χ4n) is 0.519. The van der Waals surface area contributed by atoms with Gasteiger partial charge in [-0.1, -0.05) is 6.07 Å². The Morgan fingerprint density at radius 1 is 1.40 bits per heavy atom. The molecule has 0 aliphatic heterocycles. The van der Waals surface area contributed by atoms with Crippen LogP contribution in [0.3, 0.4) is 0 Å². The molecule has 4 heteroatoms. The minimum Gasteiger partial charge on any atom is -0.261 e. The number of aromatic nitrogens is 1. The highest BCUT2D eigenvalue weighted by Gasteiger charge is 1.81. The Labute approximate surface area is 80.0 Å². The second kappa shape index (κ2) is 7.46. The van der Waals surface area contributed by atoms with Crippen LogP contribution in [0.25, 0.3) is 0 Å². The maximum absolute atomic E-state index is 4.08. The molecule has 1 nitrogen and oxygen atoms in total. The van der Waals surface area contributed by atoms with Gasteiger partial charge in [0.25, 0.3) is 0 Å². The summed E-state index contributed by atoms with van der Waals surface area (Å²) >= 11 is 0. The molecule has 1 heterocycles. The van der Waals surface area contributed by atoms with Gasteiger partial charge in [-0.15, -0.1) is 38.6 Å². The van der Waals surface area contributed by atoms with E-state index in [1.165, 1.54) is 0 Å². The highest BCUT2D eigenvalue weighted by atomic mass is 79.9. The third-order valence-corrected chi connectivity index (χ3v) is 1.35. The van der Waals surface area contributed by atoms with Crippen LogP contribution < -0.4 is 0 Å². The summed E-state index contributed by atoms with van der Waals surface area (Å²) in [5.74, 6) is 0. The minimum atomic E-state index is 0. The average molecular weight is 242 g/mol. The molecule has 0 aromatic carbocycles. The normalized spacial score (nSPS) is 7.30. The van der Waals surface area contributed by atoms with Crippen LogP contribution in [0.4, 0.5) is 0 Å². The molecule has 0 bridgehead atoms. The van der Waals surface area contributed by atoms with E-state index in [9.17, 15) is 0 Å². The van der Waals surface area contributed by atoms with Crippen LogP contribution in [0.5, 0.6) is 0 Å². The standard InChI is InChI=1S/C6H8NP.BrH.ClH/c8-5-6-3-1-2-4-7-6;;/h1-4H,5,8H2;2*1H. The van der Waals surface area contributed by atoms with Gasteiger partial charge in [-0.25, -0.2) is 0 Å². The van der Waals surface area contributed by atoms with E-state index in [1.54, 1.807) is 6.20 Å². The van der Waals surface area contributed by atoms with E-state index < -0.39 is 0 Å². The molecule has 1 rings (SSSR count). The highest BCUT2D eigenvalue weighted by Crippen LogP contribution is 1.98. The fourth-order valence-corrected chi connectivity index (χ4v) is 0.760. The highest BCUT2D eigenvalue weighted by molar-refractivity contribution is 8.93. The molecule has 0 aliphatic rings. The first-order valence-corrected chi connectivity index (χ1v) is 3.35. The van der Waals surface area contributed by atoms with Gasteiger partial charge < -0.3 is 0 Å². The molecule has 0 radical (unpaired) electrons. The van der Waals surface area contributed by atoms with E-state index in [2.05, 4.69) is 14.2 Å². The Bertz CT molecular complexity index is 159. The lowest BCUT2D eigenvalue weighted by atomic mass is 10.4. The molecule has 0 aliphatic carbocycles. The summed E-state index contributed by atoms with van der Waals surface area (Å²) in [6.45, 7) is 0. The van der Waals surface area contributed by atoms with E-state index in [0.29, 0.717) is 0 Å². The third kappa shape index (κ3) is 4.21. The first-order chi connectivity index (χ1) is 3.93. The van der Waals surface area contributed by atoms with Crippen LogP contribution in [0.1, 0.15) is 5.69 Å². The first kappa shape index (κ1) is 13.0. The summed E-state index contributed by atoms with van der Waals surface area (Å²) in [7, 11) is 2.63. The van der Waals surface area contributed by atoms with Gasteiger partial charge in [0.05, 0.1) is 0 Å². The number of hydrogen-bond donors (Lipinski definition) is 0. The van der Waals surface area contributed by atoms with E-state index in [4.69, 9.17) is 0 Å². The quantitative estimate of drug-likeness (QED) is 0.690. The molecule has 10 heavy (non-hydrogen) atoms. The first-order valence-electron chi connectivity index (χ1n) is 2.53. The molecule has 58 valence electrons. The van der Waals surface area contributed by atoms with Crippen LogP contribution in [-0.4, -0.2) is 4.98 Å². The molecule has 1 unspecified atom stereocenters. The van der Waals surface area contributed by atoms with E-state index in [1.807, 2.05) is 18.2 Å². The van der Waals surface area contributed by atoms with Crippen LogP contribution in [-0.2, 0) is 6.16 Å². The van der Waals surface area contributed by atoms with E-state index >= 15 is 0 Å². The molecule has 1 aromatic heterocycles. The summed E-state index contributed by atoms with van der Waals surface area (Å²) in [5, 5.41) is 0. The lowest BCUT2D eigenvalue weighted by molar-refractivity contribution is 1.18. The zero-order chi connectivity index (χ0) is 5.82. The largest absolute Gasteiger partial charge is 0.261 e. The molecule has 0 saturated carbocycles. The Morgan fingerprint density at radius 3 is 2.40 bits per heavy atom. The molecule has 0 fully saturated rings. The summed E-state index contributed by atoms with van der Waals surface area (Å²) < 4.78 is 0. The predicted molar refractivity (Wildman–Crippen MR) is 55.2 cm³/mol. The second-order valence-electron chi connectivity index (χ2n) is 1.53. The second-order valence-corrected chi connectivity index (χ2v) is 1.93. The molecule has 0 amide bonds. The number of nitrogens with zero attached hydrogens (tertiary/aromatic N) is 1. The fraction of sp³-hybridized carbons (Fsp3) is 0.167. The van der Waals surface area contributed by atoms with Crippen molar-refractivity contribution in [3.8, 4) is 0 Å². The van der Waals surface area contributed by atoms with Crippen LogP contribution in [0.15, 0.2) is 24.4 Å². The number of pyridine rings is 1. The summed E-state index contributed by atoms with van der Waals surface area (Å²) in [5.41, 5.74) is 1.12. The average Bonchev–Trinajstić information content (AvgIpc) is 1.90. The van der Waals surface area contributed by atoms with Gasteiger partial charge in [0.15, 0.2) is 0 Å². The number of rotatable bonds is 1. The Morgan fingerprint density at radius 2 is 2.10 bits per heavy atom. The van der Waals surface area contributed by atoms with Crippen molar-refractivity contribution in [1.82, 2.24) is 4.98 Å². The molecular formula is C6H10BrClNP. The monoisotopic (exact) mass is 241 g/mol. The maximum atomic E-state index is 4.08. The zero-order valence-electron chi connectivity index (χ0n) is 5.36. The number of halogens is 2. The van der Waals surface area contributed by atoms with E-state index in [-0.39, 0.29) is 29.4 Å². The Balaban J connectivity index is 0. The summed E-state index contributed by atoms with van der Waals surface area (Å²) in [4.78, 5) is 4.08. The molecule has 0 N–H and O–H groups in total. The SMILES string of the molecule is Br.Cl.PCc1ccccn1. The molecule has 0 saturated heterocycles. The van der Waals surface area contributed by atoms with Gasteiger partial charge in [-0.05, 0) is 12.1 Å². The van der Waals surface area contributed by atoms with Gasteiger partial charge in [-0.2, -0.15) is 0 Å². The van der Waals surface area contributed by atoms with Crippen LogP contribution >= 0.6 is 38.6 Å². The Kier molecular flexibility index (Phi) is 9.68. The topological polar surface area (TPSA) is 12.9 Å². The molecule has 1 aromatic rings. The van der Waals surface area contributed by atoms with Crippen molar-refractivity contribution in [2.24, 2.45) is 0 Å². The zero-order valence-corrected chi connectivity index (χ0v) is 9.04. The smallest absolute Gasteiger partial charge is 0.0441 e. The minimum absolute atomic E-state index is 0. The maximum Gasteiger partial charge on any atom is 0.0441 e. The van der Waals surface area contributed by atoms with Crippen LogP contribution in [0, 0.1) is 0 Å². The summed E-state index contributed by atoms with van der Waals surface area (Å²) in [6.07, 6.45) is 2.75. The van der Waals surface area contributed by atoms with Crippen molar-refractivity contribution in [1.29, 1.82) is 0 Å². The predicted octanol–water partition coefficient (Wildman–Crippen LogP) is 2.46. The lowest BCUT2D eigenvalue weighted by Gasteiger charge is -1.88. The van der Waals surface area contributed by atoms with Crippen LogP contribution in [0.2, 0.25) is 0 Å². The van der Waals surface area contributed by atoms with Gasteiger partial charge in [0.2, 0.25) is 0 Å².